The van der Waals surface area contributed by atoms with Crippen molar-refractivity contribution < 1.29 is 9.53 Å². The Bertz CT molecular complexity index is 527. The highest BCUT2D eigenvalue weighted by Crippen LogP contribution is 2.21. The molecule has 0 unspecified atom stereocenters. The largest absolute Gasteiger partial charge is 0.468 e. The predicted molar refractivity (Wildman–Crippen MR) is 73.2 cm³/mol. The number of carbonyl (C=O) groups is 1. The molecule has 0 aliphatic carbocycles. The number of ether oxygens (including phenoxy) is 1. The zero-order chi connectivity index (χ0) is 13.7. The number of methoxy groups -OCH3 is 1. The number of hydrogen-bond donors (Lipinski definition) is 0. The van der Waals surface area contributed by atoms with Gasteiger partial charge in [0.25, 0.3) is 0 Å². The van der Waals surface area contributed by atoms with E-state index < -0.39 is 0 Å². The molecule has 1 atom stereocenters. The number of esters is 1. The average molecular weight is 298 g/mol. The van der Waals surface area contributed by atoms with Crippen LogP contribution in [-0.2, 0) is 22.5 Å². The average Bonchev–Trinajstić information content (AvgIpc) is 3.06. The lowest BCUT2D eigenvalue weighted by Crippen LogP contribution is -2.16. The van der Waals surface area contributed by atoms with E-state index in [1.807, 2.05) is 11.4 Å². The number of thiophene rings is 1. The standard InChI is InChI=1S/C11H14N4O2S2/c1-8(10(16)17-2)19-11-12-13-14-15(11)6-5-9-4-3-7-18-9/h3-4,7-8H,5-6H2,1-2H3/t8-/m0/s1. The second-order valence-electron chi connectivity index (χ2n) is 3.80. The number of carbonyl (C=O) groups excluding carboxylic acids is 1. The van der Waals surface area contributed by atoms with Gasteiger partial charge in [-0.2, -0.15) is 0 Å². The summed E-state index contributed by atoms with van der Waals surface area (Å²) in [4.78, 5) is 12.7. The van der Waals surface area contributed by atoms with Crippen molar-refractivity contribution in [2.24, 2.45) is 0 Å². The van der Waals surface area contributed by atoms with Crippen LogP contribution in [0.4, 0.5) is 0 Å². The summed E-state index contributed by atoms with van der Waals surface area (Å²) in [7, 11) is 1.37. The molecule has 0 radical (unpaired) electrons. The van der Waals surface area contributed by atoms with Crippen molar-refractivity contribution in [2.75, 3.05) is 7.11 Å². The fourth-order valence-electron chi connectivity index (χ4n) is 1.46. The van der Waals surface area contributed by atoms with Gasteiger partial charge in [-0.05, 0) is 28.8 Å². The fourth-order valence-corrected chi connectivity index (χ4v) is 3.00. The van der Waals surface area contributed by atoms with Gasteiger partial charge in [0.1, 0.15) is 5.25 Å². The molecule has 6 nitrogen and oxygen atoms in total. The lowest BCUT2D eigenvalue weighted by Gasteiger charge is -2.08. The molecule has 0 fully saturated rings. The molecule has 0 amide bonds. The van der Waals surface area contributed by atoms with Crippen molar-refractivity contribution >= 4 is 29.1 Å². The number of thioether (sulfide) groups is 1. The van der Waals surface area contributed by atoms with Gasteiger partial charge in [0.05, 0.1) is 13.7 Å². The Kier molecular flexibility index (Phi) is 4.92. The van der Waals surface area contributed by atoms with Gasteiger partial charge in [0.15, 0.2) is 0 Å². The normalized spacial score (nSPS) is 12.3. The van der Waals surface area contributed by atoms with Gasteiger partial charge < -0.3 is 4.74 Å². The summed E-state index contributed by atoms with van der Waals surface area (Å²) in [6.45, 7) is 2.47. The zero-order valence-corrected chi connectivity index (χ0v) is 12.3. The lowest BCUT2D eigenvalue weighted by molar-refractivity contribution is -0.139. The highest BCUT2D eigenvalue weighted by molar-refractivity contribution is 8.00. The number of aryl methyl sites for hydroxylation is 2. The highest BCUT2D eigenvalue weighted by Gasteiger charge is 2.18. The Morgan fingerprint density at radius 2 is 2.47 bits per heavy atom. The Labute approximate surface area is 119 Å². The van der Waals surface area contributed by atoms with Crippen molar-refractivity contribution in [3.8, 4) is 0 Å². The summed E-state index contributed by atoms with van der Waals surface area (Å²) in [5.41, 5.74) is 0. The SMILES string of the molecule is COC(=O)[C@H](C)Sc1nnnn1CCc1cccs1. The second kappa shape index (κ2) is 6.67. The molecule has 0 saturated carbocycles. The van der Waals surface area contributed by atoms with Crippen molar-refractivity contribution in [1.29, 1.82) is 0 Å². The predicted octanol–water partition coefficient (Wildman–Crippen LogP) is 1.63. The van der Waals surface area contributed by atoms with E-state index in [0.29, 0.717) is 11.7 Å². The second-order valence-corrected chi connectivity index (χ2v) is 6.14. The molecule has 0 aliphatic rings. The number of hydrogen-bond acceptors (Lipinski definition) is 7. The van der Waals surface area contributed by atoms with Gasteiger partial charge in [0, 0.05) is 11.3 Å². The highest BCUT2D eigenvalue weighted by atomic mass is 32.2. The van der Waals surface area contributed by atoms with E-state index in [2.05, 4.69) is 26.3 Å². The quantitative estimate of drug-likeness (QED) is 0.596. The van der Waals surface area contributed by atoms with E-state index >= 15 is 0 Å². The summed E-state index contributed by atoms with van der Waals surface area (Å²) < 4.78 is 6.40. The first kappa shape index (κ1) is 14.0. The minimum Gasteiger partial charge on any atom is -0.468 e. The van der Waals surface area contributed by atoms with Gasteiger partial charge in [-0.3, -0.25) is 4.79 Å². The van der Waals surface area contributed by atoms with Crippen molar-refractivity contribution in [3.63, 3.8) is 0 Å². The topological polar surface area (TPSA) is 69.9 Å². The van der Waals surface area contributed by atoms with Gasteiger partial charge in [-0.1, -0.05) is 17.8 Å². The zero-order valence-electron chi connectivity index (χ0n) is 10.6. The van der Waals surface area contributed by atoms with E-state index in [0.717, 1.165) is 6.42 Å². The van der Waals surface area contributed by atoms with Crippen molar-refractivity contribution in [1.82, 2.24) is 20.2 Å². The van der Waals surface area contributed by atoms with Crippen molar-refractivity contribution in [3.05, 3.63) is 22.4 Å². The van der Waals surface area contributed by atoms with E-state index in [1.54, 1.807) is 22.9 Å². The fraction of sp³-hybridized carbons (Fsp3) is 0.455. The Balaban J connectivity index is 1.95. The molecule has 19 heavy (non-hydrogen) atoms. The molecule has 2 aromatic rings. The number of aromatic nitrogens is 4. The van der Waals surface area contributed by atoms with Gasteiger partial charge in [-0.25, -0.2) is 4.68 Å². The molecule has 8 heteroatoms. The maximum Gasteiger partial charge on any atom is 0.318 e. The summed E-state index contributed by atoms with van der Waals surface area (Å²) >= 11 is 3.01. The van der Waals surface area contributed by atoms with Gasteiger partial charge >= 0.3 is 5.97 Å². The first-order valence-corrected chi connectivity index (χ1v) is 7.49. The van der Waals surface area contributed by atoms with Gasteiger partial charge in [0.2, 0.25) is 5.16 Å². The van der Waals surface area contributed by atoms with Crippen LogP contribution in [0.15, 0.2) is 22.7 Å². The summed E-state index contributed by atoms with van der Waals surface area (Å²) in [6, 6.07) is 4.10. The molecule has 2 heterocycles. The lowest BCUT2D eigenvalue weighted by atomic mass is 10.3. The number of nitrogens with zero attached hydrogens (tertiary/aromatic N) is 4. The smallest absolute Gasteiger partial charge is 0.318 e. The molecule has 0 saturated heterocycles. The molecule has 102 valence electrons. The van der Waals surface area contributed by atoms with Crippen LogP contribution in [0, 0.1) is 0 Å². The van der Waals surface area contributed by atoms with Crippen LogP contribution < -0.4 is 0 Å². The summed E-state index contributed by atoms with van der Waals surface area (Å²) in [5, 5.41) is 13.9. The third kappa shape index (κ3) is 3.77. The third-order valence-electron chi connectivity index (χ3n) is 2.46. The third-order valence-corrected chi connectivity index (χ3v) is 4.45. The van der Waals surface area contributed by atoms with Crippen LogP contribution in [0.25, 0.3) is 0 Å². The van der Waals surface area contributed by atoms with Crippen LogP contribution in [0.2, 0.25) is 0 Å². The van der Waals surface area contributed by atoms with Crippen LogP contribution in [0.5, 0.6) is 0 Å². The summed E-state index contributed by atoms with van der Waals surface area (Å²) in [6.07, 6.45) is 0.878. The molecular weight excluding hydrogens is 284 g/mol. The maximum atomic E-state index is 11.4. The molecule has 0 N–H and O–H groups in total. The first-order chi connectivity index (χ1) is 9.20. The number of tetrazole rings is 1. The minimum absolute atomic E-state index is 0.280. The first-order valence-electron chi connectivity index (χ1n) is 5.73. The molecular formula is C11H14N4O2S2. The van der Waals surface area contributed by atoms with E-state index in [9.17, 15) is 4.79 Å². The van der Waals surface area contributed by atoms with Crippen molar-refractivity contribution in [2.45, 2.75) is 30.3 Å². The number of rotatable bonds is 6. The van der Waals surface area contributed by atoms with Crippen LogP contribution in [0.3, 0.4) is 0 Å². The molecule has 2 rings (SSSR count). The van der Waals surface area contributed by atoms with E-state index in [4.69, 9.17) is 0 Å². The van der Waals surface area contributed by atoms with Crippen LogP contribution in [-0.4, -0.2) is 38.5 Å². The molecule has 0 bridgehead atoms. The minimum atomic E-state index is -0.323. The van der Waals surface area contributed by atoms with E-state index in [1.165, 1.54) is 23.7 Å². The van der Waals surface area contributed by atoms with Gasteiger partial charge in [-0.15, -0.1) is 16.4 Å². The Hall–Kier alpha value is -1.41. The Morgan fingerprint density at radius 3 is 3.16 bits per heavy atom. The molecule has 0 aromatic carbocycles. The van der Waals surface area contributed by atoms with Crippen LogP contribution >= 0.6 is 23.1 Å². The van der Waals surface area contributed by atoms with E-state index in [-0.39, 0.29) is 11.2 Å². The maximum absolute atomic E-state index is 11.4. The molecule has 0 spiro atoms. The molecule has 2 aromatic heterocycles. The van der Waals surface area contributed by atoms with Crippen LogP contribution in [0.1, 0.15) is 11.8 Å². The Morgan fingerprint density at radius 1 is 1.63 bits per heavy atom. The monoisotopic (exact) mass is 298 g/mol. The molecule has 0 aliphatic heterocycles. The summed E-state index contributed by atoms with van der Waals surface area (Å²) in [5.74, 6) is -0.280.